The number of hydrogen-bond acceptors (Lipinski definition) is 3. The van der Waals surface area contributed by atoms with E-state index in [2.05, 4.69) is 16.7 Å². The number of nitriles is 1. The Balaban J connectivity index is 2.67. The predicted molar refractivity (Wildman–Crippen MR) is 84.4 cm³/mol. The molecule has 0 bridgehead atoms. The molecule has 2 N–H and O–H groups in total. The molecule has 120 valence electrons. The van der Waals surface area contributed by atoms with Gasteiger partial charge < -0.3 is 5.32 Å². The summed E-state index contributed by atoms with van der Waals surface area (Å²) < 4.78 is 13.0. The van der Waals surface area contributed by atoms with E-state index >= 15 is 0 Å². The van der Waals surface area contributed by atoms with E-state index in [-0.39, 0.29) is 24.2 Å². The van der Waals surface area contributed by atoms with Gasteiger partial charge in [0.1, 0.15) is 11.4 Å². The molecule has 1 aromatic carbocycles. The molecule has 5 heteroatoms. The molecule has 0 heterocycles. The number of nitrogens with one attached hydrogen (secondary N) is 2. The van der Waals surface area contributed by atoms with Gasteiger partial charge >= 0.3 is 0 Å². The Morgan fingerprint density at radius 3 is 2.27 bits per heavy atom. The Hall–Kier alpha value is -1.93. The molecule has 0 spiro atoms. The number of carbonyl (C=O) groups excluding carboxylic acids is 1. The van der Waals surface area contributed by atoms with Crippen LogP contribution in [-0.4, -0.2) is 18.0 Å². The summed E-state index contributed by atoms with van der Waals surface area (Å²) in [5, 5.41) is 15.1. The van der Waals surface area contributed by atoms with Crippen molar-refractivity contribution in [2.24, 2.45) is 5.92 Å². The molecule has 0 aliphatic heterocycles. The summed E-state index contributed by atoms with van der Waals surface area (Å²) in [6.07, 6.45) is 0. The molecule has 0 saturated heterocycles. The second-order valence-electron chi connectivity index (χ2n) is 6.50. The Bertz CT molecular complexity index is 560. The van der Waals surface area contributed by atoms with Crippen molar-refractivity contribution >= 4 is 5.91 Å². The molecule has 4 nitrogen and oxygen atoms in total. The van der Waals surface area contributed by atoms with Crippen molar-refractivity contribution < 1.29 is 9.18 Å². The van der Waals surface area contributed by atoms with Crippen LogP contribution < -0.4 is 10.6 Å². The van der Waals surface area contributed by atoms with Gasteiger partial charge in [-0.3, -0.25) is 10.1 Å². The topological polar surface area (TPSA) is 64.9 Å². The minimum absolute atomic E-state index is 0.00607. The molecular weight excluding hydrogens is 281 g/mol. The molecular formula is C17H24FN3O. The molecule has 1 amide bonds. The van der Waals surface area contributed by atoms with Crippen LogP contribution in [0.25, 0.3) is 0 Å². The lowest BCUT2D eigenvalue weighted by atomic mass is 9.90. The zero-order valence-corrected chi connectivity index (χ0v) is 13.8. The van der Waals surface area contributed by atoms with Gasteiger partial charge in [0.15, 0.2) is 0 Å². The third kappa shape index (κ3) is 4.54. The summed E-state index contributed by atoms with van der Waals surface area (Å²) in [6.45, 7) is 9.40. The van der Waals surface area contributed by atoms with Crippen LogP contribution in [0.1, 0.15) is 40.2 Å². The lowest BCUT2D eigenvalue weighted by molar-refractivity contribution is -0.122. The van der Waals surface area contributed by atoms with Gasteiger partial charge in [0.05, 0.1) is 12.6 Å². The highest BCUT2D eigenvalue weighted by atomic mass is 19.1. The molecule has 0 saturated carbocycles. The molecule has 1 rings (SSSR count). The fourth-order valence-corrected chi connectivity index (χ4v) is 1.91. The smallest absolute Gasteiger partial charge is 0.235 e. The van der Waals surface area contributed by atoms with Gasteiger partial charge in [-0.25, -0.2) is 4.39 Å². The summed E-state index contributed by atoms with van der Waals surface area (Å²) in [7, 11) is 0. The van der Waals surface area contributed by atoms with Crippen LogP contribution in [0.3, 0.4) is 0 Å². The fraction of sp³-hybridized carbons (Fsp3) is 0.529. The van der Waals surface area contributed by atoms with Crippen molar-refractivity contribution in [3.63, 3.8) is 0 Å². The average molecular weight is 305 g/mol. The molecule has 0 aliphatic rings. The van der Waals surface area contributed by atoms with Gasteiger partial charge in [-0.2, -0.15) is 5.26 Å². The van der Waals surface area contributed by atoms with Crippen molar-refractivity contribution in [3.05, 3.63) is 35.6 Å². The van der Waals surface area contributed by atoms with E-state index in [0.717, 1.165) is 5.56 Å². The van der Waals surface area contributed by atoms with Crippen LogP contribution >= 0.6 is 0 Å². The van der Waals surface area contributed by atoms with Crippen molar-refractivity contribution in [1.82, 2.24) is 10.6 Å². The summed E-state index contributed by atoms with van der Waals surface area (Å²) >= 11 is 0. The third-order valence-electron chi connectivity index (χ3n) is 4.04. The van der Waals surface area contributed by atoms with E-state index in [9.17, 15) is 14.4 Å². The highest BCUT2D eigenvalue weighted by Crippen LogP contribution is 2.20. The van der Waals surface area contributed by atoms with E-state index in [1.807, 2.05) is 27.7 Å². The van der Waals surface area contributed by atoms with E-state index < -0.39 is 11.1 Å². The van der Waals surface area contributed by atoms with E-state index in [4.69, 9.17) is 0 Å². The number of rotatable bonds is 6. The van der Waals surface area contributed by atoms with E-state index in [1.54, 1.807) is 19.1 Å². The second kappa shape index (κ2) is 6.89. The first-order valence-corrected chi connectivity index (χ1v) is 7.34. The van der Waals surface area contributed by atoms with Crippen LogP contribution in [0.5, 0.6) is 0 Å². The molecule has 0 unspecified atom stereocenters. The van der Waals surface area contributed by atoms with Crippen LogP contribution in [0.2, 0.25) is 0 Å². The average Bonchev–Trinajstić information content (AvgIpc) is 2.45. The second-order valence-corrected chi connectivity index (χ2v) is 6.50. The van der Waals surface area contributed by atoms with Crippen LogP contribution in [0, 0.1) is 23.1 Å². The highest BCUT2D eigenvalue weighted by molar-refractivity contribution is 5.79. The summed E-state index contributed by atoms with van der Waals surface area (Å²) in [5.74, 6) is -0.529. The van der Waals surface area contributed by atoms with E-state index in [0.29, 0.717) is 0 Å². The van der Waals surface area contributed by atoms with Crippen LogP contribution in [-0.2, 0) is 10.3 Å². The Kier molecular flexibility index (Phi) is 5.67. The maximum absolute atomic E-state index is 13.0. The first-order valence-electron chi connectivity index (χ1n) is 7.34. The number of halogens is 1. The zero-order valence-electron chi connectivity index (χ0n) is 13.8. The molecule has 0 radical (unpaired) electrons. The number of nitrogens with zero attached hydrogens (tertiary/aromatic N) is 1. The quantitative estimate of drug-likeness (QED) is 0.849. The first-order chi connectivity index (χ1) is 10.1. The SMILES string of the molecule is CC(C)[C@](C)(C#N)NC(=O)CNC(C)(C)c1ccc(F)cc1. The van der Waals surface area contributed by atoms with Gasteiger partial charge in [0.25, 0.3) is 0 Å². The van der Waals surface area contributed by atoms with Crippen LogP contribution in [0.4, 0.5) is 4.39 Å². The number of carbonyl (C=O) groups is 1. The zero-order chi connectivity index (χ0) is 17.0. The van der Waals surface area contributed by atoms with Gasteiger partial charge in [-0.05, 0) is 44.4 Å². The lowest BCUT2D eigenvalue weighted by Crippen LogP contribution is -2.53. The molecule has 1 aromatic rings. The summed E-state index contributed by atoms with van der Waals surface area (Å²) in [6, 6.07) is 8.31. The minimum atomic E-state index is -0.890. The Morgan fingerprint density at radius 2 is 1.82 bits per heavy atom. The molecule has 0 aliphatic carbocycles. The van der Waals surface area contributed by atoms with Crippen LogP contribution in [0.15, 0.2) is 24.3 Å². The lowest BCUT2D eigenvalue weighted by Gasteiger charge is -2.30. The largest absolute Gasteiger partial charge is 0.337 e. The maximum Gasteiger partial charge on any atom is 0.235 e. The monoisotopic (exact) mass is 305 g/mol. The molecule has 0 aromatic heterocycles. The Labute approximate surface area is 131 Å². The maximum atomic E-state index is 13.0. The predicted octanol–water partition coefficient (Wildman–Crippen LogP) is 2.70. The van der Waals surface area contributed by atoms with Gasteiger partial charge in [-0.15, -0.1) is 0 Å². The normalized spacial score (nSPS) is 14.3. The third-order valence-corrected chi connectivity index (χ3v) is 4.04. The summed E-state index contributed by atoms with van der Waals surface area (Å²) in [5.41, 5.74) is -0.487. The highest BCUT2D eigenvalue weighted by Gasteiger charge is 2.30. The molecule has 22 heavy (non-hydrogen) atoms. The minimum Gasteiger partial charge on any atom is -0.337 e. The van der Waals surface area contributed by atoms with Crippen molar-refractivity contribution in [1.29, 1.82) is 5.26 Å². The van der Waals surface area contributed by atoms with Gasteiger partial charge in [-0.1, -0.05) is 26.0 Å². The number of hydrogen-bond donors (Lipinski definition) is 2. The Morgan fingerprint density at radius 1 is 1.27 bits per heavy atom. The number of benzene rings is 1. The van der Waals surface area contributed by atoms with Crippen molar-refractivity contribution in [3.8, 4) is 6.07 Å². The first kappa shape index (κ1) is 18.1. The molecule has 0 fully saturated rings. The van der Waals surface area contributed by atoms with Crippen molar-refractivity contribution in [2.45, 2.75) is 45.7 Å². The van der Waals surface area contributed by atoms with Gasteiger partial charge in [0.2, 0.25) is 5.91 Å². The van der Waals surface area contributed by atoms with Crippen molar-refractivity contribution in [2.75, 3.05) is 6.54 Å². The van der Waals surface area contributed by atoms with E-state index in [1.165, 1.54) is 12.1 Å². The van der Waals surface area contributed by atoms with Gasteiger partial charge in [0, 0.05) is 5.54 Å². The molecule has 1 atom stereocenters. The standard InChI is InChI=1S/C17H24FN3O/c1-12(2)17(5,11-19)21-15(22)10-20-16(3,4)13-6-8-14(18)9-7-13/h6-9,12,20H,10H2,1-5H3,(H,21,22)/t17-/m0/s1. The fourth-order valence-electron chi connectivity index (χ4n) is 1.91. The number of amides is 1. The summed E-state index contributed by atoms with van der Waals surface area (Å²) in [4.78, 5) is 12.1.